The van der Waals surface area contributed by atoms with E-state index in [1.54, 1.807) is 6.33 Å². The normalized spacial score (nSPS) is 17.5. The number of amides is 1. The van der Waals surface area contributed by atoms with Crippen molar-refractivity contribution in [3.63, 3.8) is 0 Å². The number of benzene rings is 2. The second-order valence-corrected chi connectivity index (χ2v) is 6.60. The van der Waals surface area contributed by atoms with Crippen LogP contribution < -0.4 is 0 Å². The molecule has 2 aromatic carbocycles. The highest BCUT2D eigenvalue weighted by molar-refractivity contribution is 6.30. The number of para-hydroxylation sites is 2. The topological polar surface area (TPSA) is 38.1 Å². The van der Waals surface area contributed by atoms with Crippen LogP contribution in [-0.2, 0) is 11.3 Å². The standard InChI is InChI=1S/C19H18ClN3O/c20-15-6-3-5-14(11-15)17-9-4-10-23(17)19(24)12-22-13-21-16-7-1-2-8-18(16)22/h1-3,5-8,11,13,17H,4,9-10,12H2. The van der Waals surface area contributed by atoms with Crippen LogP contribution in [0.5, 0.6) is 0 Å². The molecule has 2 heterocycles. The first-order chi connectivity index (χ1) is 11.7. The molecule has 0 bridgehead atoms. The summed E-state index contributed by atoms with van der Waals surface area (Å²) in [6.07, 6.45) is 3.75. The van der Waals surface area contributed by atoms with E-state index >= 15 is 0 Å². The smallest absolute Gasteiger partial charge is 0.243 e. The van der Waals surface area contributed by atoms with E-state index in [-0.39, 0.29) is 11.9 Å². The molecule has 1 unspecified atom stereocenters. The maximum absolute atomic E-state index is 12.9. The van der Waals surface area contributed by atoms with Crippen molar-refractivity contribution in [1.29, 1.82) is 0 Å². The lowest BCUT2D eigenvalue weighted by atomic mass is 10.0. The molecule has 1 aromatic heterocycles. The van der Waals surface area contributed by atoms with Gasteiger partial charge in [0.2, 0.25) is 5.91 Å². The van der Waals surface area contributed by atoms with Crippen LogP contribution in [0.1, 0.15) is 24.4 Å². The van der Waals surface area contributed by atoms with Gasteiger partial charge in [-0.1, -0.05) is 35.9 Å². The van der Waals surface area contributed by atoms with Crippen molar-refractivity contribution in [2.45, 2.75) is 25.4 Å². The summed E-state index contributed by atoms with van der Waals surface area (Å²) in [6.45, 7) is 1.11. The van der Waals surface area contributed by atoms with Crippen LogP contribution in [0.2, 0.25) is 5.02 Å². The zero-order chi connectivity index (χ0) is 16.5. The molecule has 0 spiro atoms. The summed E-state index contributed by atoms with van der Waals surface area (Å²) in [4.78, 5) is 19.2. The fourth-order valence-corrected chi connectivity index (χ4v) is 3.70. The second-order valence-electron chi connectivity index (χ2n) is 6.16. The van der Waals surface area contributed by atoms with E-state index in [9.17, 15) is 4.79 Å². The van der Waals surface area contributed by atoms with Crippen LogP contribution in [0.4, 0.5) is 0 Å². The van der Waals surface area contributed by atoms with E-state index in [4.69, 9.17) is 11.6 Å². The zero-order valence-corrected chi connectivity index (χ0v) is 14.0. The maximum Gasteiger partial charge on any atom is 0.243 e. The number of imidazole rings is 1. The number of aromatic nitrogens is 2. The first-order valence-corrected chi connectivity index (χ1v) is 8.55. The number of hydrogen-bond donors (Lipinski definition) is 0. The van der Waals surface area contributed by atoms with Crippen molar-refractivity contribution in [3.8, 4) is 0 Å². The van der Waals surface area contributed by atoms with E-state index in [0.29, 0.717) is 11.6 Å². The predicted octanol–water partition coefficient (Wildman–Crippen LogP) is 4.05. The summed E-state index contributed by atoms with van der Waals surface area (Å²) >= 11 is 6.12. The van der Waals surface area contributed by atoms with E-state index in [0.717, 1.165) is 36.0 Å². The largest absolute Gasteiger partial charge is 0.334 e. The molecular formula is C19H18ClN3O. The van der Waals surface area contributed by atoms with Crippen LogP contribution in [0, 0.1) is 0 Å². The van der Waals surface area contributed by atoms with E-state index in [1.807, 2.05) is 51.9 Å². The van der Waals surface area contributed by atoms with E-state index < -0.39 is 0 Å². The summed E-state index contributed by atoms with van der Waals surface area (Å²) in [6, 6.07) is 15.8. The summed E-state index contributed by atoms with van der Waals surface area (Å²) in [7, 11) is 0. The van der Waals surface area contributed by atoms with Crippen LogP contribution in [-0.4, -0.2) is 26.9 Å². The molecule has 4 rings (SSSR count). The molecule has 1 aliphatic rings. The van der Waals surface area contributed by atoms with Gasteiger partial charge in [0.15, 0.2) is 0 Å². The highest BCUT2D eigenvalue weighted by Gasteiger charge is 2.30. The van der Waals surface area contributed by atoms with Crippen LogP contribution in [0.25, 0.3) is 11.0 Å². The Morgan fingerprint density at radius 3 is 2.96 bits per heavy atom. The molecule has 5 heteroatoms. The first kappa shape index (κ1) is 15.2. The Morgan fingerprint density at radius 1 is 1.21 bits per heavy atom. The van der Waals surface area contributed by atoms with Crippen molar-refractivity contribution >= 4 is 28.5 Å². The zero-order valence-electron chi connectivity index (χ0n) is 13.2. The summed E-state index contributed by atoms with van der Waals surface area (Å²) in [5.74, 6) is 0.126. The van der Waals surface area contributed by atoms with Crippen molar-refractivity contribution in [2.24, 2.45) is 0 Å². The molecule has 0 aliphatic carbocycles. The molecule has 0 saturated carbocycles. The monoisotopic (exact) mass is 339 g/mol. The number of carbonyl (C=O) groups excluding carboxylic acids is 1. The minimum Gasteiger partial charge on any atom is -0.334 e. The predicted molar refractivity (Wildman–Crippen MR) is 94.9 cm³/mol. The van der Waals surface area contributed by atoms with Crippen molar-refractivity contribution in [1.82, 2.24) is 14.5 Å². The van der Waals surface area contributed by atoms with Gasteiger partial charge in [0.25, 0.3) is 0 Å². The molecule has 0 radical (unpaired) electrons. The minimum atomic E-state index is 0.117. The fourth-order valence-electron chi connectivity index (χ4n) is 3.50. The van der Waals surface area contributed by atoms with Gasteiger partial charge < -0.3 is 9.47 Å². The summed E-state index contributed by atoms with van der Waals surface area (Å²) in [5.41, 5.74) is 3.02. The number of rotatable bonds is 3. The molecule has 1 fully saturated rings. The van der Waals surface area contributed by atoms with Crippen LogP contribution in [0.15, 0.2) is 54.9 Å². The Hall–Kier alpha value is -2.33. The third kappa shape index (κ3) is 2.78. The number of carbonyl (C=O) groups is 1. The van der Waals surface area contributed by atoms with Gasteiger partial charge in [0.1, 0.15) is 6.54 Å². The molecule has 1 saturated heterocycles. The van der Waals surface area contributed by atoms with Crippen LogP contribution in [0.3, 0.4) is 0 Å². The number of nitrogens with zero attached hydrogens (tertiary/aromatic N) is 3. The Bertz CT molecular complexity index is 889. The Labute approximate surface area is 145 Å². The van der Waals surface area contributed by atoms with E-state index in [2.05, 4.69) is 11.1 Å². The average molecular weight is 340 g/mol. The molecular weight excluding hydrogens is 322 g/mol. The third-order valence-corrected chi connectivity index (χ3v) is 4.87. The van der Waals surface area contributed by atoms with Gasteiger partial charge in [-0.3, -0.25) is 4.79 Å². The third-order valence-electron chi connectivity index (χ3n) is 4.64. The quantitative estimate of drug-likeness (QED) is 0.722. The van der Waals surface area contributed by atoms with Gasteiger partial charge in [-0.2, -0.15) is 0 Å². The molecule has 1 aliphatic heterocycles. The van der Waals surface area contributed by atoms with Gasteiger partial charge in [0.05, 0.1) is 23.4 Å². The Morgan fingerprint density at radius 2 is 2.08 bits per heavy atom. The molecule has 4 nitrogen and oxygen atoms in total. The Kier molecular flexibility index (Phi) is 3.98. The maximum atomic E-state index is 12.9. The number of halogens is 1. The summed E-state index contributed by atoms with van der Waals surface area (Å²) in [5, 5.41) is 0.715. The molecule has 0 N–H and O–H groups in total. The van der Waals surface area contributed by atoms with Crippen molar-refractivity contribution in [2.75, 3.05) is 6.54 Å². The number of likely N-dealkylation sites (tertiary alicyclic amines) is 1. The van der Waals surface area contributed by atoms with Gasteiger partial charge in [-0.15, -0.1) is 0 Å². The SMILES string of the molecule is O=C(Cn1cnc2ccccc21)N1CCCC1c1cccc(Cl)c1. The molecule has 1 atom stereocenters. The highest BCUT2D eigenvalue weighted by atomic mass is 35.5. The Balaban J connectivity index is 1.57. The summed E-state index contributed by atoms with van der Waals surface area (Å²) < 4.78 is 1.92. The first-order valence-electron chi connectivity index (χ1n) is 8.17. The minimum absolute atomic E-state index is 0.117. The fraction of sp³-hybridized carbons (Fsp3) is 0.263. The number of fused-ring (bicyclic) bond motifs is 1. The lowest BCUT2D eigenvalue weighted by Gasteiger charge is -2.25. The molecule has 1 amide bonds. The average Bonchev–Trinajstić information content (AvgIpc) is 3.22. The highest BCUT2D eigenvalue weighted by Crippen LogP contribution is 2.33. The molecule has 122 valence electrons. The number of hydrogen-bond acceptors (Lipinski definition) is 2. The lowest BCUT2D eigenvalue weighted by molar-refractivity contribution is -0.132. The van der Waals surface area contributed by atoms with Gasteiger partial charge in [0, 0.05) is 11.6 Å². The van der Waals surface area contributed by atoms with Gasteiger partial charge >= 0.3 is 0 Å². The van der Waals surface area contributed by atoms with Crippen LogP contribution >= 0.6 is 11.6 Å². The van der Waals surface area contributed by atoms with Gasteiger partial charge in [-0.25, -0.2) is 4.98 Å². The second kappa shape index (κ2) is 6.29. The van der Waals surface area contributed by atoms with Gasteiger partial charge in [-0.05, 0) is 42.7 Å². The lowest BCUT2D eigenvalue weighted by Crippen LogP contribution is -2.33. The molecule has 24 heavy (non-hydrogen) atoms. The van der Waals surface area contributed by atoms with E-state index in [1.165, 1.54) is 0 Å². The van der Waals surface area contributed by atoms with Crippen molar-refractivity contribution in [3.05, 3.63) is 65.4 Å². The molecule has 3 aromatic rings. The van der Waals surface area contributed by atoms with Crippen molar-refractivity contribution < 1.29 is 4.79 Å².